The van der Waals surface area contributed by atoms with E-state index < -0.39 is 36.3 Å². The second kappa shape index (κ2) is 122. The van der Waals surface area contributed by atoms with E-state index in [2.05, 4.69) is 195 Å². The van der Waals surface area contributed by atoms with Gasteiger partial charge in [-0.25, -0.2) is 4.98 Å². The minimum Gasteiger partial charge on any atom is -0.394 e. The molecule has 1 aromatic carbocycles. The minimum atomic E-state index is -0.771. The van der Waals surface area contributed by atoms with Gasteiger partial charge in [0.15, 0.2) is 0 Å². The van der Waals surface area contributed by atoms with Gasteiger partial charge in [-0.05, 0) is 139 Å². The lowest BCUT2D eigenvalue weighted by atomic mass is 10.1. The minimum absolute atomic E-state index is 0.0292. The summed E-state index contributed by atoms with van der Waals surface area (Å²) >= 11 is 11.7. The van der Waals surface area contributed by atoms with Crippen molar-refractivity contribution in [1.82, 2.24) is 73.8 Å². The number of nitrogens with zero attached hydrogens (tertiary/aromatic N) is 1. The van der Waals surface area contributed by atoms with Gasteiger partial charge in [-0.1, -0.05) is 273 Å². The molecule has 0 bridgehead atoms. The number of carbonyl (C=O) groups excluding carboxylic acids is 12. The second-order valence-corrected chi connectivity index (χ2v) is 39.0. The summed E-state index contributed by atoms with van der Waals surface area (Å²) in [5.41, 5.74) is 73.6. The van der Waals surface area contributed by atoms with Gasteiger partial charge >= 0.3 is 0 Å². The fourth-order valence-corrected chi connectivity index (χ4v) is 10.4. The third-order valence-corrected chi connectivity index (χ3v) is 22.3. The first-order valence-electron chi connectivity index (χ1n) is 55.5. The van der Waals surface area contributed by atoms with Crippen LogP contribution in [0.5, 0.6) is 0 Å². The van der Waals surface area contributed by atoms with Crippen LogP contribution in [0.15, 0.2) is 42.9 Å². The third-order valence-electron chi connectivity index (χ3n) is 21.1. The number of amides is 12. The van der Waals surface area contributed by atoms with E-state index in [0.717, 1.165) is 237 Å². The molecule has 0 aliphatic rings. The van der Waals surface area contributed by atoms with Gasteiger partial charge < -0.3 is 148 Å². The lowest BCUT2D eigenvalue weighted by molar-refractivity contribution is -0.124. The summed E-state index contributed by atoms with van der Waals surface area (Å²) in [5, 5.41) is 41.6. The van der Waals surface area contributed by atoms with Crippen LogP contribution in [-0.4, -0.2) is 267 Å². The zero-order valence-corrected chi connectivity index (χ0v) is 101. The van der Waals surface area contributed by atoms with E-state index in [4.69, 9.17) is 79.6 Å². The van der Waals surface area contributed by atoms with E-state index >= 15 is 0 Å². The highest BCUT2D eigenvalue weighted by Crippen LogP contribution is 2.06. The predicted molar refractivity (Wildman–Crippen MR) is 636 cm³/mol. The highest BCUT2D eigenvalue weighted by molar-refractivity contribution is 7.80. The van der Waals surface area contributed by atoms with E-state index in [1.54, 1.807) is 19.4 Å². The average Bonchev–Trinajstić information content (AvgIpc) is 1.45. The molecule has 12 amide bonds. The molecule has 1 aromatic heterocycles. The van der Waals surface area contributed by atoms with E-state index in [-0.39, 0.29) is 143 Å². The summed E-state index contributed by atoms with van der Waals surface area (Å²) in [5.74, 6) is 1.32. The Labute approximate surface area is 925 Å². The summed E-state index contributed by atoms with van der Waals surface area (Å²) in [6.07, 6.45) is 31.8. The van der Waals surface area contributed by atoms with Crippen LogP contribution in [0.25, 0.3) is 0 Å². The number of aliphatic hydroxyl groups is 1. The predicted octanol–water partition coefficient (Wildman–Crippen LogP) is 6.80. The van der Waals surface area contributed by atoms with Crippen LogP contribution in [-0.2, 0) is 70.4 Å². The number of rotatable bonds is 63. The fourth-order valence-electron chi connectivity index (χ4n) is 9.93. The van der Waals surface area contributed by atoms with Gasteiger partial charge in [0.1, 0.15) is 6.04 Å². The Morgan fingerprint density at radius 3 is 0.787 bits per heavy atom. The van der Waals surface area contributed by atoms with Gasteiger partial charge in [0.25, 0.3) is 0 Å². The van der Waals surface area contributed by atoms with Crippen LogP contribution in [0.3, 0.4) is 0 Å². The van der Waals surface area contributed by atoms with Gasteiger partial charge in [-0.3, -0.25) is 57.5 Å². The van der Waals surface area contributed by atoms with Crippen molar-refractivity contribution in [1.29, 1.82) is 0 Å². The summed E-state index contributed by atoms with van der Waals surface area (Å²) in [6, 6.07) is 4.56. The van der Waals surface area contributed by atoms with Crippen molar-refractivity contribution in [3.63, 3.8) is 0 Å². The smallest absolute Gasteiger partial charge is 0.239 e. The number of H-pyrrole nitrogens is 1. The number of nitrogens with two attached hydrogens (primary N) is 13. The molecule has 0 saturated heterocycles. The quantitative estimate of drug-likeness (QED) is 0.0106. The van der Waals surface area contributed by atoms with E-state index in [1.807, 2.05) is 106 Å². The number of hydrogen-bond donors (Lipinski definition) is 30. The molecule has 0 saturated carbocycles. The first-order valence-corrected chi connectivity index (χ1v) is 57.3. The number of nitrogens with one attached hydrogen (secondary N) is 13. The Morgan fingerprint density at radius 2 is 0.553 bits per heavy atom. The molecule has 0 aliphatic carbocycles. The third kappa shape index (κ3) is 116. The number of aliphatic hydroxyl groups excluding tert-OH is 1. The summed E-state index contributed by atoms with van der Waals surface area (Å²) in [4.78, 5) is 140. The Bertz CT molecular complexity index is 3100. The normalized spacial score (nSPS) is 12.6. The molecular weight excluding hydrogens is 1980 g/mol. The van der Waals surface area contributed by atoms with Crippen LogP contribution >= 0.6 is 37.9 Å². The molecule has 1 heterocycles. The molecule has 12 atom stereocenters. The molecule has 40 nitrogen and oxygen atoms in total. The maximum Gasteiger partial charge on any atom is 0.239 e. The van der Waals surface area contributed by atoms with Crippen molar-refractivity contribution >= 4 is 109 Å². The zero-order chi connectivity index (χ0) is 118. The van der Waals surface area contributed by atoms with Crippen LogP contribution in [0.4, 0.5) is 0 Å². The molecule has 0 aliphatic heterocycles. The number of hydrogen-bond acceptors (Lipinski definition) is 30. The monoisotopic (exact) mass is 2210 g/mol. The number of aromatic nitrogens is 2. The van der Waals surface area contributed by atoms with Crippen molar-refractivity contribution in [2.45, 2.75) is 418 Å². The van der Waals surface area contributed by atoms with Crippen molar-refractivity contribution < 1.29 is 62.6 Å². The van der Waals surface area contributed by atoms with Crippen molar-refractivity contribution in [2.24, 2.45) is 104 Å². The second-order valence-electron chi connectivity index (χ2n) is 37.9. The fraction of sp³-hybridized carbons (Fsp3) is 0.804. The van der Waals surface area contributed by atoms with Crippen LogP contribution in [0, 0.1) is 29.6 Å². The molecule has 0 spiro atoms. The highest BCUT2D eigenvalue weighted by Gasteiger charge is 2.23. The zero-order valence-electron chi connectivity index (χ0n) is 97.8. The van der Waals surface area contributed by atoms with Gasteiger partial charge in [-0.2, -0.15) is 37.9 Å². The molecular formula is C107H229N27O13S3. The molecule has 0 fully saturated rings. The molecule has 0 radical (unpaired) electrons. The maximum absolute atomic E-state index is 11.6. The summed E-state index contributed by atoms with van der Waals surface area (Å²) < 4.78 is 0. The van der Waals surface area contributed by atoms with E-state index in [1.165, 1.54) is 12.8 Å². The number of aromatic amines is 1. The van der Waals surface area contributed by atoms with Crippen molar-refractivity contribution in [3.8, 4) is 0 Å². The SMILES string of the molecule is CCCCNC(=O)[C@@H](N)C(C)C.CCCCNC(=O)[C@@H](N)CO.CCCCNC(=O)[C@@H](N)CS.CCCCNC(=O)[C@@H](N)Cc1ccccc1.CCCCNC(=O)[C@@H](N)Cc1cnc[nH]1.CCCCNC(=O)[C@H](C)N.CCCCNC(=[17O])[C@@H](N)C(C)C.CCCCNC(=[18O])[C@@H](N)C(C)C.CCCCNC(=[18O])[C@@H](N)CS.CCCCN[13C](=O)[C@@H](N)C(C)C.CCCCN[13C](=O)[C@@H](N)CS.CCCCN[13C](=[18O])[C@@H](N)C(C)C.CCCC[15NH2]. The number of carbonyl (C=O) groups is 12. The highest BCUT2D eigenvalue weighted by atomic mass is 32.1. The van der Waals surface area contributed by atoms with Crippen LogP contribution in [0.2, 0.25) is 0 Å². The number of thiol groups is 3. The van der Waals surface area contributed by atoms with Crippen molar-refractivity contribution in [3.05, 3.63) is 54.1 Å². The topological polar surface area (TPSA) is 736 Å². The largest absolute Gasteiger partial charge is 0.394 e. The van der Waals surface area contributed by atoms with Gasteiger partial charge in [0, 0.05) is 114 Å². The van der Waals surface area contributed by atoms with Gasteiger partial charge in [-0.15, -0.1) is 0 Å². The van der Waals surface area contributed by atoms with Crippen molar-refractivity contribution in [2.75, 3.05) is 109 Å². The molecule has 43 heteroatoms. The Morgan fingerprint density at radius 1 is 0.313 bits per heavy atom. The number of unbranched alkanes of at least 4 members (excludes halogenated alkanes) is 13. The van der Waals surface area contributed by atoms with Crippen LogP contribution < -0.4 is 138 Å². The lowest BCUT2D eigenvalue weighted by Crippen LogP contribution is -2.44. The molecule has 2 aromatic rings. The van der Waals surface area contributed by atoms with Gasteiger partial charge in [0.05, 0.1) is 79.4 Å². The molecule has 0 unspecified atom stereocenters. The molecule has 888 valence electrons. The number of imidazole rings is 1. The molecule has 40 N–H and O–H groups in total. The first kappa shape index (κ1) is 165. The van der Waals surface area contributed by atoms with E-state index in [9.17, 15) is 57.5 Å². The lowest BCUT2D eigenvalue weighted by Gasteiger charge is -2.14. The Kier molecular flexibility index (Phi) is 134. The van der Waals surface area contributed by atoms with Crippen LogP contribution in [0.1, 0.15) is 344 Å². The van der Waals surface area contributed by atoms with E-state index in [0.29, 0.717) is 43.2 Å². The van der Waals surface area contributed by atoms with Gasteiger partial charge in [0.2, 0.25) is 70.9 Å². The Balaban J connectivity index is -0.000000156. The Hall–Kier alpha value is -7.44. The average molecular weight is 2210 g/mol. The number of benzene rings is 1. The maximum atomic E-state index is 11.6. The standard InChI is InChI=1S/C13H20N2O.C10H18N4O.5C9H20N2O.C7H16N2O2.3C7H16N2OS.C7H16N2O.C4H11N/c1-2-3-9-15-13(16)12(14)10-11-7-5-4-6-8-11;1-2-3-4-13-10(15)9(11)5-8-6-12-7-14-8;5*1-4-5-6-11-9(12)8(10)7(2)3;1-2-3-4-9-7(11)6(8)5-10;3*1-2-3-4-9-7(10)6(8)5-11;1-3-4-5-9-7(10)6(2)8;1-2-3-4-5/h4-8,12H,2-3,9-10,14H2,1H3,(H,15,16);6-7,9H,2-5,11H2,1H3,(H,12,14)(H,13,15);5*7-8H,4-6,10H2,1-3H3,(H,11,12);6,10H,2-5,8H2,1H3,(H,9,11);3*6,11H,2-5,8H2,1H3,(H,9,10);6H,3-5,8H2,1-2H3,(H,9,10);2-5H2,1H3/t12-;9-;5*8-;5*6-;/m000000000000./s1/i;;9+1,12+2;12+2;12+1;9+1;;;10+2;7+1;;;5+1. The molecule has 2 rings (SSSR count). The molecule has 150 heavy (non-hydrogen) atoms. The summed E-state index contributed by atoms with van der Waals surface area (Å²) in [7, 11) is 0. The summed E-state index contributed by atoms with van der Waals surface area (Å²) in [6.45, 7) is 57.5. The first-order chi connectivity index (χ1) is 70.9.